The molecule has 4 nitrogen and oxygen atoms in total. The summed E-state index contributed by atoms with van der Waals surface area (Å²) < 4.78 is 0. The summed E-state index contributed by atoms with van der Waals surface area (Å²) in [6, 6.07) is 4.86. The first-order valence-electron chi connectivity index (χ1n) is 5.10. The Bertz CT molecular complexity index is 489. The van der Waals surface area contributed by atoms with Crippen molar-refractivity contribution in [1.82, 2.24) is 0 Å². The Morgan fingerprint density at radius 1 is 1.28 bits per heavy atom. The maximum absolute atomic E-state index is 11.5. The summed E-state index contributed by atoms with van der Waals surface area (Å²) >= 11 is 7.26. The van der Waals surface area contributed by atoms with Crippen LogP contribution in [0.2, 0.25) is 5.02 Å². The molecule has 18 heavy (non-hydrogen) atoms. The van der Waals surface area contributed by atoms with E-state index in [1.54, 1.807) is 23.6 Å². The molecule has 0 saturated heterocycles. The normalized spacial score (nSPS) is 10.4. The van der Waals surface area contributed by atoms with Gasteiger partial charge in [0, 0.05) is 18.0 Å². The third-order valence-electron chi connectivity index (χ3n) is 1.91. The molecule has 0 bridgehead atoms. The summed E-state index contributed by atoms with van der Waals surface area (Å²) in [6.45, 7) is 1.39. The zero-order valence-electron chi connectivity index (χ0n) is 9.99. The van der Waals surface area contributed by atoms with Crippen LogP contribution in [0, 0.1) is 0 Å². The van der Waals surface area contributed by atoms with Gasteiger partial charge in [0.15, 0.2) is 0 Å². The van der Waals surface area contributed by atoms with Gasteiger partial charge in [-0.1, -0.05) is 11.6 Å². The topological polar surface area (TPSA) is 58.2 Å². The minimum absolute atomic E-state index is 0.229. The van der Waals surface area contributed by atoms with Gasteiger partial charge in [-0.3, -0.25) is 9.59 Å². The van der Waals surface area contributed by atoms with Crippen LogP contribution in [-0.2, 0) is 9.59 Å². The summed E-state index contributed by atoms with van der Waals surface area (Å²) in [5.41, 5.74) is 0.978. The van der Waals surface area contributed by atoms with Crippen LogP contribution in [-0.4, -0.2) is 18.1 Å². The monoisotopic (exact) mass is 284 g/mol. The Hall–Kier alpha value is -1.46. The summed E-state index contributed by atoms with van der Waals surface area (Å²) in [6.07, 6.45) is 3.27. The third-order valence-corrected chi connectivity index (χ3v) is 2.55. The second-order valence-corrected chi connectivity index (χ2v) is 4.58. The number of carbonyl (C=O) groups is 2. The molecule has 2 amide bonds. The Labute approximate surface area is 115 Å². The first-order chi connectivity index (χ1) is 8.52. The van der Waals surface area contributed by atoms with Gasteiger partial charge in [0.2, 0.25) is 11.8 Å². The maximum atomic E-state index is 11.5. The van der Waals surface area contributed by atoms with E-state index in [2.05, 4.69) is 10.6 Å². The molecule has 0 radical (unpaired) electrons. The van der Waals surface area contributed by atoms with Crippen LogP contribution in [0.25, 0.3) is 0 Å². The van der Waals surface area contributed by atoms with Crippen molar-refractivity contribution in [2.24, 2.45) is 0 Å². The molecule has 0 saturated carbocycles. The average molecular weight is 285 g/mol. The number of anilines is 2. The molecule has 96 valence electrons. The van der Waals surface area contributed by atoms with E-state index in [4.69, 9.17) is 11.6 Å². The van der Waals surface area contributed by atoms with Crippen LogP contribution in [0.5, 0.6) is 0 Å². The second kappa shape index (κ2) is 7.08. The number of carbonyl (C=O) groups excluding carboxylic acids is 2. The van der Waals surface area contributed by atoms with Crippen LogP contribution in [0.1, 0.15) is 6.92 Å². The molecule has 0 aliphatic heterocycles. The summed E-state index contributed by atoms with van der Waals surface area (Å²) in [5, 5.41) is 7.43. The predicted molar refractivity (Wildman–Crippen MR) is 77.0 cm³/mol. The highest BCUT2D eigenvalue weighted by molar-refractivity contribution is 8.01. The third kappa shape index (κ3) is 4.81. The first kappa shape index (κ1) is 14.6. The molecule has 0 aliphatic carbocycles. The van der Waals surface area contributed by atoms with E-state index in [1.807, 2.05) is 6.26 Å². The zero-order valence-corrected chi connectivity index (χ0v) is 11.6. The lowest BCUT2D eigenvalue weighted by Gasteiger charge is -2.10. The molecule has 1 rings (SSSR count). The Balaban J connectivity index is 2.90. The van der Waals surface area contributed by atoms with Crippen LogP contribution in [0.4, 0.5) is 11.4 Å². The van der Waals surface area contributed by atoms with E-state index in [1.165, 1.54) is 24.8 Å². The Morgan fingerprint density at radius 2 is 2.00 bits per heavy atom. The maximum Gasteiger partial charge on any atom is 0.248 e. The fraction of sp³-hybridized carbons (Fsp3) is 0.167. The molecule has 1 aromatic rings. The van der Waals surface area contributed by atoms with Crippen molar-refractivity contribution in [3.05, 3.63) is 34.7 Å². The number of amides is 2. The van der Waals surface area contributed by atoms with Gasteiger partial charge in [0.1, 0.15) is 0 Å². The highest BCUT2D eigenvalue weighted by Gasteiger charge is 2.07. The summed E-state index contributed by atoms with van der Waals surface area (Å²) in [4.78, 5) is 22.6. The lowest BCUT2D eigenvalue weighted by Crippen LogP contribution is -2.12. The first-order valence-corrected chi connectivity index (χ1v) is 6.77. The van der Waals surface area contributed by atoms with Gasteiger partial charge in [-0.25, -0.2) is 0 Å². The number of benzene rings is 1. The van der Waals surface area contributed by atoms with Crippen molar-refractivity contribution in [1.29, 1.82) is 0 Å². The minimum Gasteiger partial charge on any atom is -0.324 e. The average Bonchev–Trinajstić information content (AvgIpc) is 2.29. The lowest BCUT2D eigenvalue weighted by atomic mass is 10.2. The van der Waals surface area contributed by atoms with E-state index in [0.29, 0.717) is 16.4 Å². The van der Waals surface area contributed by atoms with Crippen LogP contribution in [0.3, 0.4) is 0 Å². The van der Waals surface area contributed by atoms with Gasteiger partial charge in [0.05, 0.1) is 11.4 Å². The quantitative estimate of drug-likeness (QED) is 0.835. The molecule has 0 aliphatic rings. The fourth-order valence-corrected chi connectivity index (χ4v) is 1.65. The molecule has 1 aromatic carbocycles. The highest BCUT2D eigenvalue weighted by atomic mass is 35.5. The molecule has 0 fully saturated rings. The molecular weight excluding hydrogens is 272 g/mol. The standard InChI is InChI=1S/C12H13ClN2O2S/c1-8(16)14-11-7-9(13)3-4-10(11)15-12(17)5-6-18-2/h3-7H,1-2H3,(H,14,16)(H,15,17)/b6-5+. The van der Waals surface area contributed by atoms with E-state index < -0.39 is 0 Å². The van der Waals surface area contributed by atoms with Crippen LogP contribution >= 0.6 is 23.4 Å². The van der Waals surface area contributed by atoms with Gasteiger partial charge in [0.25, 0.3) is 0 Å². The zero-order chi connectivity index (χ0) is 13.5. The van der Waals surface area contributed by atoms with Gasteiger partial charge >= 0.3 is 0 Å². The van der Waals surface area contributed by atoms with Crippen LogP contribution < -0.4 is 10.6 Å². The number of hydrogen-bond acceptors (Lipinski definition) is 3. The van der Waals surface area contributed by atoms with Crippen molar-refractivity contribution in [2.45, 2.75) is 6.92 Å². The van der Waals surface area contributed by atoms with Crippen molar-refractivity contribution >= 4 is 46.6 Å². The largest absolute Gasteiger partial charge is 0.324 e. The Morgan fingerprint density at radius 3 is 2.61 bits per heavy atom. The van der Waals surface area contributed by atoms with Crippen LogP contribution in [0.15, 0.2) is 29.7 Å². The summed E-state index contributed by atoms with van der Waals surface area (Å²) in [5.74, 6) is -0.495. The molecular formula is C12H13ClN2O2S. The van der Waals surface area contributed by atoms with Crippen molar-refractivity contribution < 1.29 is 9.59 Å². The fourth-order valence-electron chi connectivity index (χ4n) is 1.22. The van der Waals surface area contributed by atoms with Gasteiger partial charge in [-0.2, -0.15) is 0 Å². The number of rotatable bonds is 4. The molecule has 0 heterocycles. The van der Waals surface area contributed by atoms with Gasteiger partial charge in [-0.15, -0.1) is 11.8 Å². The van der Waals surface area contributed by atoms with Crippen molar-refractivity contribution in [3.8, 4) is 0 Å². The molecule has 0 spiro atoms. The van der Waals surface area contributed by atoms with E-state index in [9.17, 15) is 9.59 Å². The highest BCUT2D eigenvalue weighted by Crippen LogP contribution is 2.25. The molecule has 6 heteroatoms. The smallest absolute Gasteiger partial charge is 0.248 e. The predicted octanol–water partition coefficient (Wildman–Crippen LogP) is 3.11. The van der Waals surface area contributed by atoms with E-state index in [-0.39, 0.29) is 11.8 Å². The van der Waals surface area contributed by atoms with Crippen molar-refractivity contribution in [3.63, 3.8) is 0 Å². The summed E-state index contributed by atoms with van der Waals surface area (Å²) in [7, 11) is 0. The van der Waals surface area contributed by atoms with Gasteiger partial charge < -0.3 is 10.6 Å². The number of thioether (sulfide) groups is 1. The molecule has 0 atom stereocenters. The second-order valence-electron chi connectivity index (χ2n) is 3.40. The molecule has 0 aromatic heterocycles. The number of halogens is 1. The van der Waals surface area contributed by atoms with E-state index >= 15 is 0 Å². The Kier molecular flexibility index (Phi) is 5.74. The molecule has 0 unspecified atom stereocenters. The van der Waals surface area contributed by atoms with E-state index in [0.717, 1.165) is 0 Å². The van der Waals surface area contributed by atoms with Crippen molar-refractivity contribution in [2.75, 3.05) is 16.9 Å². The number of hydrogen-bond donors (Lipinski definition) is 2. The lowest BCUT2D eigenvalue weighted by molar-refractivity contribution is -0.114. The van der Waals surface area contributed by atoms with Gasteiger partial charge in [-0.05, 0) is 29.9 Å². The number of nitrogens with one attached hydrogen (secondary N) is 2. The SMILES string of the molecule is CS/C=C/C(=O)Nc1ccc(Cl)cc1NC(C)=O. The molecule has 2 N–H and O–H groups in total. The minimum atomic E-state index is -0.265.